The molecule has 0 heterocycles. The number of hydrogen-bond acceptors (Lipinski definition) is 2. The number of allylic oxidation sites excluding steroid dienone is 5. The van der Waals surface area contributed by atoms with E-state index in [1.54, 1.807) is 18.1 Å². The fourth-order valence-electron chi connectivity index (χ4n) is 8.33. The molecule has 2 heteroatoms. The van der Waals surface area contributed by atoms with Crippen molar-refractivity contribution in [1.29, 1.82) is 0 Å². The first-order valence-corrected chi connectivity index (χ1v) is 12.8. The zero-order chi connectivity index (χ0) is 22.4. The quantitative estimate of drug-likeness (QED) is 0.340. The minimum atomic E-state index is -0.124. The molecule has 172 valence electrons. The van der Waals surface area contributed by atoms with Crippen LogP contribution in [0, 0.1) is 34.5 Å². The predicted molar refractivity (Wildman–Crippen MR) is 129 cm³/mol. The topological polar surface area (TPSA) is 26.3 Å². The number of carbonyl (C=O) groups is 1. The van der Waals surface area contributed by atoms with Crippen molar-refractivity contribution in [2.45, 2.75) is 105 Å². The van der Waals surface area contributed by atoms with Gasteiger partial charge in [-0.2, -0.15) is 0 Å². The number of rotatable bonds is 4. The molecule has 4 aliphatic carbocycles. The molecule has 0 aliphatic heterocycles. The maximum absolute atomic E-state index is 11.5. The van der Waals surface area contributed by atoms with Gasteiger partial charge in [0.1, 0.15) is 6.10 Å². The molecule has 3 fully saturated rings. The number of hydrogen-bond donors (Lipinski definition) is 0. The molecular formula is C29H44O2. The zero-order valence-corrected chi connectivity index (χ0v) is 20.8. The van der Waals surface area contributed by atoms with Crippen molar-refractivity contribution in [3.63, 3.8) is 0 Å². The first-order valence-electron chi connectivity index (χ1n) is 12.8. The van der Waals surface area contributed by atoms with Crippen molar-refractivity contribution in [3.8, 4) is 0 Å². The van der Waals surface area contributed by atoms with Gasteiger partial charge in [-0.1, -0.05) is 48.8 Å². The van der Waals surface area contributed by atoms with Crippen LogP contribution in [0.5, 0.6) is 0 Å². The van der Waals surface area contributed by atoms with Gasteiger partial charge in [0, 0.05) is 13.3 Å². The van der Waals surface area contributed by atoms with E-state index in [1.165, 1.54) is 44.1 Å². The lowest BCUT2D eigenvalue weighted by molar-refractivity contribution is -0.148. The summed E-state index contributed by atoms with van der Waals surface area (Å²) in [5, 5.41) is 0. The van der Waals surface area contributed by atoms with Crippen LogP contribution >= 0.6 is 0 Å². The fourth-order valence-corrected chi connectivity index (χ4v) is 8.33. The first-order chi connectivity index (χ1) is 14.6. The Morgan fingerprint density at radius 1 is 1.03 bits per heavy atom. The molecular weight excluding hydrogens is 380 g/mol. The minimum Gasteiger partial charge on any atom is -0.462 e. The third kappa shape index (κ3) is 4.09. The maximum Gasteiger partial charge on any atom is 0.302 e. The average molecular weight is 425 g/mol. The second kappa shape index (κ2) is 8.56. The summed E-state index contributed by atoms with van der Waals surface area (Å²) < 4.78 is 5.60. The van der Waals surface area contributed by atoms with Gasteiger partial charge >= 0.3 is 5.97 Å². The Morgan fingerprint density at radius 2 is 1.81 bits per heavy atom. The lowest BCUT2D eigenvalue weighted by Gasteiger charge is -2.58. The van der Waals surface area contributed by atoms with Crippen LogP contribution < -0.4 is 0 Å². The summed E-state index contributed by atoms with van der Waals surface area (Å²) in [5.74, 6) is 3.16. The van der Waals surface area contributed by atoms with Crippen molar-refractivity contribution in [1.82, 2.24) is 0 Å². The van der Waals surface area contributed by atoms with Gasteiger partial charge < -0.3 is 4.74 Å². The van der Waals surface area contributed by atoms with Crippen LogP contribution in [0.4, 0.5) is 0 Å². The van der Waals surface area contributed by atoms with Gasteiger partial charge in [-0.05, 0) is 107 Å². The molecule has 2 nitrogen and oxygen atoms in total. The first kappa shape index (κ1) is 22.9. The Labute approximate surface area is 190 Å². The van der Waals surface area contributed by atoms with Gasteiger partial charge in [-0.15, -0.1) is 0 Å². The molecule has 0 aromatic carbocycles. The SMILES string of the molecule is CC(=O)O[C@H]1CC[C@@]2(C)C(=CC[C@H]3[C@@H]4CC[C@H](/C(C)=C/CC=C(C)C)[C@@]4(C)CC[C@@H]32)C1. The summed E-state index contributed by atoms with van der Waals surface area (Å²) in [5.41, 5.74) is 5.46. The van der Waals surface area contributed by atoms with Gasteiger partial charge in [0.25, 0.3) is 0 Å². The molecule has 0 N–H and O–H groups in total. The highest BCUT2D eigenvalue weighted by Gasteiger charge is 2.58. The van der Waals surface area contributed by atoms with Crippen LogP contribution in [0.2, 0.25) is 0 Å². The third-order valence-electron chi connectivity index (χ3n) is 9.91. The molecule has 0 aromatic heterocycles. The summed E-state index contributed by atoms with van der Waals surface area (Å²) >= 11 is 0. The molecule has 7 atom stereocenters. The molecule has 0 aromatic rings. The van der Waals surface area contributed by atoms with E-state index >= 15 is 0 Å². The van der Waals surface area contributed by atoms with E-state index in [0.29, 0.717) is 10.8 Å². The molecule has 0 spiro atoms. The van der Waals surface area contributed by atoms with Crippen molar-refractivity contribution in [3.05, 3.63) is 34.9 Å². The fraction of sp³-hybridized carbons (Fsp3) is 0.759. The lowest BCUT2D eigenvalue weighted by Crippen LogP contribution is -2.50. The van der Waals surface area contributed by atoms with E-state index in [9.17, 15) is 4.79 Å². The Hall–Kier alpha value is -1.31. The van der Waals surface area contributed by atoms with Gasteiger partial charge in [0.15, 0.2) is 0 Å². The monoisotopic (exact) mass is 424 g/mol. The van der Waals surface area contributed by atoms with E-state index in [0.717, 1.165) is 42.9 Å². The van der Waals surface area contributed by atoms with Crippen molar-refractivity contribution < 1.29 is 9.53 Å². The summed E-state index contributed by atoms with van der Waals surface area (Å²) in [6.07, 6.45) is 18.6. The largest absolute Gasteiger partial charge is 0.462 e. The molecule has 0 unspecified atom stereocenters. The highest BCUT2D eigenvalue weighted by Crippen LogP contribution is 2.67. The van der Waals surface area contributed by atoms with Crippen LogP contribution in [0.3, 0.4) is 0 Å². The Morgan fingerprint density at radius 3 is 2.52 bits per heavy atom. The highest BCUT2D eigenvalue weighted by molar-refractivity contribution is 5.66. The summed E-state index contributed by atoms with van der Waals surface area (Å²) in [6.45, 7) is 13.5. The van der Waals surface area contributed by atoms with Crippen LogP contribution in [0.25, 0.3) is 0 Å². The summed E-state index contributed by atoms with van der Waals surface area (Å²) in [4.78, 5) is 11.5. The van der Waals surface area contributed by atoms with Gasteiger partial charge in [-0.3, -0.25) is 4.79 Å². The molecule has 0 bridgehead atoms. The van der Waals surface area contributed by atoms with Gasteiger partial charge in [-0.25, -0.2) is 0 Å². The van der Waals surface area contributed by atoms with E-state index in [4.69, 9.17) is 4.74 Å². The minimum absolute atomic E-state index is 0.103. The molecule has 0 radical (unpaired) electrons. The molecule has 0 amide bonds. The standard InChI is InChI=1S/C29H44O2/c1-19(2)8-7-9-20(3)25-12-13-26-24-11-10-22-18-23(31-21(4)30)14-16-28(22,5)27(24)15-17-29(25,26)6/h8-10,23-27H,7,11-18H2,1-6H3/b20-9+/t23-,24-,25+,26-,27-,28-,29+/m0/s1. The summed E-state index contributed by atoms with van der Waals surface area (Å²) in [6, 6.07) is 0. The predicted octanol–water partition coefficient (Wildman–Crippen LogP) is 7.80. The second-order valence-electron chi connectivity index (χ2n) is 11.9. The van der Waals surface area contributed by atoms with Crippen LogP contribution in [0.1, 0.15) is 99.3 Å². The molecule has 0 saturated heterocycles. The molecule has 4 rings (SSSR count). The maximum atomic E-state index is 11.5. The van der Waals surface area contributed by atoms with E-state index in [2.05, 4.69) is 52.8 Å². The average Bonchev–Trinajstić information content (AvgIpc) is 3.05. The van der Waals surface area contributed by atoms with Gasteiger partial charge in [0.05, 0.1) is 0 Å². The smallest absolute Gasteiger partial charge is 0.302 e. The lowest BCUT2D eigenvalue weighted by atomic mass is 9.47. The number of ether oxygens (including phenoxy) is 1. The van der Waals surface area contributed by atoms with Gasteiger partial charge in [0.2, 0.25) is 0 Å². The summed E-state index contributed by atoms with van der Waals surface area (Å²) in [7, 11) is 0. The van der Waals surface area contributed by atoms with Crippen LogP contribution in [-0.2, 0) is 9.53 Å². The van der Waals surface area contributed by atoms with Crippen molar-refractivity contribution >= 4 is 5.97 Å². The Bertz CT molecular complexity index is 798. The molecule has 3 saturated carbocycles. The number of esters is 1. The third-order valence-corrected chi connectivity index (χ3v) is 9.91. The van der Waals surface area contributed by atoms with E-state index in [-0.39, 0.29) is 12.1 Å². The Balaban J connectivity index is 1.52. The van der Waals surface area contributed by atoms with Crippen LogP contribution in [0.15, 0.2) is 34.9 Å². The molecule has 4 aliphatic rings. The normalized spacial score (nSPS) is 42.1. The highest BCUT2D eigenvalue weighted by atomic mass is 16.5. The number of fused-ring (bicyclic) bond motifs is 5. The number of carbonyl (C=O) groups excluding carboxylic acids is 1. The van der Waals surface area contributed by atoms with Crippen LogP contribution in [-0.4, -0.2) is 12.1 Å². The van der Waals surface area contributed by atoms with E-state index in [1.807, 2.05) is 0 Å². The molecule has 31 heavy (non-hydrogen) atoms. The van der Waals surface area contributed by atoms with E-state index < -0.39 is 0 Å². The Kier molecular flexibility index (Phi) is 6.32. The second-order valence-corrected chi connectivity index (χ2v) is 11.9. The zero-order valence-electron chi connectivity index (χ0n) is 20.8. The van der Waals surface area contributed by atoms with Crippen molar-refractivity contribution in [2.24, 2.45) is 34.5 Å². The van der Waals surface area contributed by atoms with Crippen molar-refractivity contribution in [2.75, 3.05) is 0 Å².